The van der Waals surface area contributed by atoms with Crippen LogP contribution in [0.2, 0.25) is 0 Å². The zero-order chi connectivity index (χ0) is 13.2. The second-order valence-corrected chi connectivity index (χ2v) is 3.98. The summed E-state index contributed by atoms with van der Waals surface area (Å²) in [4.78, 5) is 23.6. The van der Waals surface area contributed by atoms with E-state index in [-0.39, 0.29) is 9.13 Å². The van der Waals surface area contributed by atoms with Crippen molar-refractivity contribution in [2.24, 2.45) is 0 Å². The van der Waals surface area contributed by atoms with E-state index in [1.807, 2.05) is 4.98 Å². The van der Waals surface area contributed by atoms with Gasteiger partial charge in [-0.15, -0.1) is 13.2 Å². The van der Waals surface area contributed by atoms with E-state index < -0.39 is 30.1 Å². The molecule has 0 fully saturated rings. The van der Waals surface area contributed by atoms with Crippen molar-refractivity contribution in [1.82, 2.24) is 4.98 Å². The molecule has 0 aliphatic rings. The van der Waals surface area contributed by atoms with Crippen molar-refractivity contribution in [2.75, 3.05) is 0 Å². The number of pyridine rings is 1. The molecule has 1 aromatic rings. The van der Waals surface area contributed by atoms with Crippen LogP contribution in [0.4, 0.5) is 13.2 Å². The number of hydrogen-bond donors (Lipinski definition) is 2. The fourth-order valence-electron chi connectivity index (χ4n) is 1.03. The standard InChI is InChI=1S/C8H5F3INO4/c9-8(10,11)17-6-5(12)3(1-4(14)15)2-13-7(6)16/h2H,1H2,(H,13,16)(H,14,15). The highest BCUT2D eigenvalue weighted by Gasteiger charge is 2.33. The van der Waals surface area contributed by atoms with Crippen LogP contribution in [0.15, 0.2) is 11.0 Å². The molecule has 0 saturated carbocycles. The Hall–Kier alpha value is -1.26. The van der Waals surface area contributed by atoms with Gasteiger partial charge in [0.1, 0.15) is 0 Å². The second-order valence-electron chi connectivity index (χ2n) is 2.90. The number of carbonyl (C=O) groups is 1. The molecule has 5 nitrogen and oxygen atoms in total. The lowest BCUT2D eigenvalue weighted by Crippen LogP contribution is -2.24. The molecule has 0 unspecified atom stereocenters. The summed E-state index contributed by atoms with van der Waals surface area (Å²) in [5.41, 5.74) is -1.03. The molecule has 0 radical (unpaired) electrons. The molecule has 9 heteroatoms. The first-order valence-corrected chi connectivity index (χ1v) is 5.16. The van der Waals surface area contributed by atoms with Crippen LogP contribution in [-0.2, 0) is 11.2 Å². The fraction of sp³-hybridized carbons (Fsp3) is 0.250. The van der Waals surface area contributed by atoms with Gasteiger partial charge in [-0.2, -0.15) is 0 Å². The van der Waals surface area contributed by atoms with Crippen molar-refractivity contribution in [3.05, 3.63) is 25.7 Å². The largest absolute Gasteiger partial charge is 0.573 e. The molecule has 1 rings (SSSR count). The zero-order valence-corrected chi connectivity index (χ0v) is 10.1. The Labute approximate surface area is 106 Å². The van der Waals surface area contributed by atoms with E-state index in [1.54, 1.807) is 0 Å². The number of rotatable bonds is 3. The van der Waals surface area contributed by atoms with Gasteiger partial charge in [0.25, 0.3) is 5.56 Å². The summed E-state index contributed by atoms with van der Waals surface area (Å²) in [5.74, 6) is -2.18. The van der Waals surface area contributed by atoms with Crippen LogP contribution in [0.5, 0.6) is 5.75 Å². The Kier molecular flexibility index (Phi) is 4.01. The lowest BCUT2D eigenvalue weighted by Gasteiger charge is -2.11. The van der Waals surface area contributed by atoms with E-state index in [2.05, 4.69) is 4.74 Å². The minimum absolute atomic E-state index is 0.0388. The van der Waals surface area contributed by atoms with Crippen LogP contribution in [0.3, 0.4) is 0 Å². The molecule has 0 aliphatic heterocycles. The summed E-state index contributed by atoms with van der Waals surface area (Å²) >= 11 is 1.43. The lowest BCUT2D eigenvalue weighted by atomic mass is 10.2. The Morgan fingerprint density at radius 1 is 1.53 bits per heavy atom. The third kappa shape index (κ3) is 3.91. The lowest BCUT2D eigenvalue weighted by molar-refractivity contribution is -0.275. The molecule has 0 aliphatic carbocycles. The van der Waals surface area contributed by atoms with Crippen molar-refractivity contribution in [1.29, 1.82) is 0 Å². The maximum Gasteiger partial charge on any atom is 0.573 e. The highest BCUT2D eigenvalue weighted by Crippen LogP contribution is 2.26. The number of ether oxygens (including phenoxy) is 1. The minimum atomic E-state index is -5.01. The maximum atomic E-state index is 12.0. The van der Waals surface area contributed by atoms with E-state index in [1.165, 1.54) is 22.6 Å². The highest BCUT2D eigenvalue weighted by atomic mass is 127. The molecule has 1 heterocycles. The van der Waals surface area contributed by atoms with Gasteiger partial charge in [-0.05, 0) is 28.2 Å². The highest BCUT2D eigenvalue weighted by molar-refractivity contribution is 14.1. The normalized spacial score (nSPS) is 11.3. The van der Waals surface area contributed by atoms with E-state index in [4.69, 9.17) is 5.11 Å². The monoisotopic (exact) mass is 363 g/mol. The van der Waals surface area contributed by atoms with Crippen LogP contribution in [0.25, 0.3) is 0 Å². The summed E-state index contributed by atoms with van der Waals surface area (Å²) in [6, 6.07) is 0. The van der Waals surface area contributed by atoms with Gasteiger partial charge < -0.3 is 14.8 Å². The number of hydrogen-bond acceptors (Lipinski definition) is 3. The molecule has 0 atom stereocenters. The average molecular weight is 363 g/mol. The van der Waals surface area contributed by atoms with Crippen LogP contribution in [0, 0.1) is 3.57 Å². The van der Waals surface area contributed by atoms with Crippen molar-refractivity contribution >= 4 is 28.6 Å². The Balaban J connectivity index is 3.20. The topological polar surface area (TPSA) is 79.4 Å². The number of nitrogens with one attached hydrogen (secondary N) is 1. The van der Waals surface area contributed by atoms with Crippen LogP contribution in [-0.4, -0.2) is 22.4 Å². The molecule has 2 N–H and O–H groups in total. The van der Waals surface area contributed by atoms with Crippen molar-refractivity contribution in [2.45, 2.75) is 12.8 Å². The number of alkyl halides is 3. The van der Waals surface area contributed by atoms with Gasteiger partial charge in [-0.3, -0.25) is 9.59 Å². The first-order valence-electron chi connectivity index (χ1n) is 4.08. The maximum absolute atomic E-state index is 12.0. The first kappa shape index (κ1) is 13.8. The smallest absolute Gasteiger partial charge is 0.481 e. The van der Waals surface area contributed by atoms with Gasteiger partial charge in [0.15, 0.2) is 0 Å². The summed E-state index contributed by atoms with van der Waals surface area (Å²) in [6.07, 6.45) is -4.47. The van der Waals surface area contributed by atoms with E-state index in [9.17, 15) is 22.8 Å². The Bertz CT molecular complexity index is 497. The van der Waals surface area contributed by atoms with Crippen LogP contribution < -0.4 is 10.3 Å². The Morgan fingerprint density at radius 3 is 2.59 bits per heavy atom. The van der Waals surface area contributed by atoms with Crippen molar-refractivity contribution in [3.8, 4) is 5.75 Å². The molecule has 0 aromatic carbocycles. The van der Waals surface area contributed by atoms with Crippen molar-refractivity contribution < 1.29 is 27.8 Å². The summed E-state index contributed by atoms with van der Waals surface area (Å²) in [5, 5.41) is 8.53. The number of aliphatic carboxylic acids is 1. The van der Waals surface area contributed by atoms with Gasteiger partial charge in [-0.25, -0.2) is 0 Å². The predicted octanol–water partition coefficient (Wildman–Crippen LogP) is 1.51. The third-order valence-electron chi connectivity index (χ3n) is 1.62. The molecular weight excluding hydrogens is 358 g/mol. The minimum Gasteiger partial charge on any atom is -0.481 e. The first-order chi connectivity index (χ1) is 7.70. The van der Waals surface area contributed by atoms with Gasteiger partial charge in [0.05, 0.1) is 9.99 Å². The molecule has 94 valence electrons. The van der Waals surface area contributed by atoms with Crippen LogP contribution >= 0.6 is 22.6 Å². The average Bonchev–Trinajstić information content (AvgIpc) is 2.15. The summed E-state index contributed by atoms with van der Waals surface area (Å²) < 4.78 is 39.4. The molecule has 17 heavy (non-hydrogen) atoms. The third-order valence-corrected chi connectivity index (χ3v) is 2.81. The molecule has 1 aromatic heterocycles. The van der Waals surface area contributed by atoms with Crippen molar-refractivity contribution in [3.63, 3.8) is 0 Å². The van der Waals surface area contributed by atoms with Gasteiger partial charge in [0.2, 0.25) is 5.75 Å². The number of halogens is 4. The van der Waals surface area contributed by atoms with Gasteiger partial charge in [-0.1, -0.05) is 0 Å². The molecule has 0 amide bonds. The number of aromatic amines is 1. The molecule has 0 saturated heterocycles. The predicted molar refractivity (Wildman–Crippen MR) is 57.8 cm³/mol. The second kappa shape index (κ2) is 4.94. The molecule has 0 spiro atoms. The fourth-order valence-corrected chi connectivity index (χ4v) is 1.73. The SMILES string of the molecule is O=C(O)Cc1c[nH]c(=O)c(OC(F)(F)F)c1I. The zero-order valence-electron chi connectivity index (χ0n) is 7.97. The van der Waals surface area contributed by atoms with E-state index in [0.717, 1.165) is 6.20 Å². The van der Waals surface area contributed by atoms with Gasteiger partial charge in [0, 0.05) is 6.20 Å². The molecular formula is C8H5F3INO4. The number of carboxylic acid groups (broad SMARTS) is 1. The van der Waals surface area contributed by atoms with Crippen LogP contribution in [0.1, 0.15) is 5.56 Å². The summed E-state index contributed by atoms with van der Waals surface area (Å²) in [6.45, 7) is 0. The number of H-pyrrole nitrogens is 1. The number of aromatic nitrogens is 1. The van der Waals surface area contributed by atoms with Gasteiger partial charge >= 0.3 is 12.3 Å². The van der Waals surface area contributed by atoms with E-state index >= 15 is 0 Å². The number of carboxylic acids is 1. The molecule has 0 bridgehead atoms. The Morgan fingerprint density at radius 2 is 2.12 bits per heavy atom. The summed E-state index contributed by atoms with van der Waals surface area (Å²) in [7, 11) is 0. The quantitative estimate of drug-likeness (QED) is 0.798. The van der Waals surface area contributed by atoms with E-state index in [0.29, 0.717) is 0 Å².